The van der Waals surface area contributed by atoms with Crippen molar-refractivity contribution in [2.75, 3.05) is 6.61 Å². The molecule has 0 fully saturated rings. The molecule has 134 valence electrons. The highest BCUT2D eigenvalue weighted by molar-refractivity contribution is 5.94. The molecule has 2 amide bonds. The molecule has 1 heterocycles. The molecule has 7 nitrogen and oxygen atoms in total. The average molecular weight is 344 g/mol. The van der Waals surface area contributed by atoms with Crippen molar-refractivity contribution in [1.82, 2.24) is 15.1 Å². The molecule has 0 spiro atoms. The number of aryl methyl sites for hydroxylation is 1. The van der Waals surface area contributed by atoms with Crippen LogP contribution in [0.3, 0.4) is 0 Å². The fraction of sp³-hybridized carbons (Fsp3) is 0.389. The van der Waals surface area contributed by atoms with Gasteiger partial charge in [0.2, 0.25) is 5.91 Å². The van der Waals surface area contributed by atoms with E-state index < -0.39 is 0 Å². The minimum atomic E-state index is -0.366. The first kappa shape index (κ1) is 18.7. The van der Waals surface area contributed by atoms with Crippen molar-refractivity contribution in [2.24, 2.45) is 11.7 Å². The number of amides is 2. The second kappa shape index (κ2) is 8.43. The molecule has 2 aromatic rings. The number of aromatic nitrogens is 2. The van der Waals surface area contributed by atoms with Crippen molar-refractivity contribution >= 4 is 11.8 Å². The lowest BCUT2D eigenvalue weighted by molar-refractivity contribution is -0.118. The number of nitrogens with one attached hydrogen (secondary N) is 1. The number of benzene rings is 1. The summed E-state index contributed by atoms with van der Waals surface area (Å²) in [5, 5.41) is 16.3. The number of carbonyl (C=O) groups is 2. The van der Waals surface area contributed by atoms with Gasteiger partial charge in [0.1, 0.15) is 0 Å². The van der Waals surface area contributed by atoms with Gasteiger partial charge in [-0.1, -0.05) is 26.0 Å². The Labute approximate surface area is 146 Å². The van der Waals surface area contributed by atoms with Crippen LogP contribution in [0.2, 0.25) is 0 Å². The minimum absolute atomic E-state index is 0.0913. The Morgan fingerprint density at radius 2 is 1.92 bits per heavy atom. The second-order valence-electron chi connectivity index (χ2n) is 6.29. The van der Waals surface area contributed by atoms with E-state index in [4.69, 9.17) is 5.73 Å². The van der Waals surface area contributed by atoms with Crippen molar-refractivity contribution in [3.8, 4) is 11.1 Å². The summed E-state index contributed by atoms with van der Waals surface area (Å²) in [4.78, 5) is 23.1. The minimum Gasteiger partial charge on any atom is -0.394 e. The SMILES string of the molecule is CC(C)[C@H](CO)NC(=O)c1ccc(-c2cnn(CCC(N)=O)c2)cc1. The van der Waals surface area contributed by atoms with Gasteiger partial charge in [0, 0.05) is 30.3 Å². The Morgan fingerprint density at radius 3 is 2.48 bits per heavy atom. The number of hydrogen-bond acceptors (Lipinski definition) is 4. The molecule has 4 N–H and O–H groups in total. The molecule has 0 aliphatic heterocycles. The van der Waals surface area contributed by atoms with E-state index in [0.717, 1.165) is 11.1 Å². The third-order valence-electron chi connectivity index (χ3n) is 4.02. The molecule has 0 aliphatic carbocycles. The summed E-state index contributed by atoms with van der Waals surface area (Å²) >= 11 is 0. The molecular formula is C18H24N4O3. The number of hydrogen-bond donors (Lipinski definition) is 3. The van der Waals surface area contributed by atoms with Gasteiger partial charge in [-0.25, -0.2) is 0 Å². The molecule has 1 aromatic heterocycles. The van der Waals surface area contributed by atoms with Crippen LogP contribution in [0.1, 0.15) is 30.6 Å². The van der Waals surface area contributed by atoms with E-state index in [-0.39, 0.29) is 36.8 Å². The van der Waals surface area contributed by atoms with Crippen molar-refractivity contribution < 1.29 is 14.7 Å². The van der Waals surface area contributed by atoms with E-state index in [0.29, 0.717) is 12.1 Å². The lowest BCUT2D eigenvalue weighted by atomic mass is 10.0. The van der Waals surface area contributed by atoms with E-state index in [1.54, 1.807) is 23.0 Å². The maximum Gasteiger partial charge on any atom is 0.251 e. The molecule has 7 heteroatoms. The third kappa shape index (κ3) is 5.15. The van der Waals surface area contributed by atoms with Crippen LogP contribution in [0.25, 0.3) is 11.1 Å². The van der Waals surface area contributed by atoms with Gasteiger partial charge in [0.25, 0.3) is 5.91 Å². The number of aliphatic hydroxyl groups excluding tert-OH is 1. The Balaban J connectivity index is 2.04. The number of carbonyl (C=O) groups excluding carboxylic acids is 2. The standard InChI is InChI=1S/C18H24N4O3/c1-12(2)16(11-23)21-18(25)14-5-3-13(4-6-14)15-9-20-22(10-15)8-7-17(19)24/h3-6,9-10,12,16,23H,7-8,11H2,1-2H3,(H2,19,24)(H,21,25)/t16-/m0/s1. The van der Waals surface area contributed by atoms with Gasteiger partial charge in [0.15, 0.2) is 0 Å². The molecular weight excluding hydrogens is 320 g/mol. The Kier molecular flexibility index (Phi) is 6.30. The third-order valence-corrected chi connectivity index (χ3v) is 4.02. The normalized spacial score (nSPS) is 12.2. The fourth-order valence-electron chi connectivity index (χ4n) is 2.35. The summed E-state index contributed by atoms with van der Waals surface area (Å²) < 4.78 is 1.66. The first-order valence-electron chi connectivity index (χ1n) is 8.23. The summed E-state index contributed by atoms with van der Waals surface area (Å²) in [5.41, 5.74) is 7.48. The van der Waals surface area contributed by atoms with Gasteiger partial charge in [-0.05, 0) is 23.6 Å². The number of primary amides is 1. The highest BCUT2D eigenvalue weighted by atomic mass is 16.3. The van der Waals surface area contributed by atoms with Crippen molar-refractivity contribution in [1.29, 1.82) is 0 Å². The van der Waals surface area contributed by atoms with Crippen LogP contribution in [0, 0.1) is 5.92 Å². The Bertz CT molecular complexity index is 722. The summed E-state index contributed by atoms with van der Waals surface area (Å²) in [7, 11) is 0. The van der Waals surface area contributed by atoms with Crippen molar-refractivity contribution in [3.63, 3.8) is 0 Å². The highest BCUT2D eigenvalue weighted by Crippen LogP contribution is 2.19. The van der Waals surface area contributed by atoms with E-state index in [1.807, 2.05) is 32.2 Å². The second-order valence-corrected chi connectivity index (χ2v) is 6.29. The van der Waals surface area contributed by atoms with Gasteiger partial charge < -0.3 is 16.2 Å². The predicted octanol–water partition coefficient (Wildman–Crippen LogP) is 1.17. The molecule has 1 aromatic carbocycles. The van der Waals surface area contributed by atoms with Crippen molar-refractivity contribution in [3.05, 3.63) is 42.2 Å². The molecule has 0 radical (unpaired) electrons. The van der Waals surface area contributed by atoms with Crippen LogP contribution in [-0.4, -0.2) is 39.4 Å². The van der Waals surface area contributed by atoms with Crippen LogP contribution in [0.4, 0.5) is 0 Å². The number of nitrogens with two attached hydrogens (primary N) is 1. The summed E-state index contributed by atoms with van der Waals surface area (Å²) in [6.45, 7) is 4.24. The van der Waals surface area contributed by atoms with Gasteiger partial charge in [0.05, 0.1) is 18.8 Å². The smallest absolute Gasteiger partial charge is 0.251 e. The Morgan fingerprint density at radius 1 is 1.24 bits per heavy atom. The lowest BCUT2D eigenvalue weighted by Crippen LogP contribution is -2.41. The predicted molar refractivity (Wildman–Crippen MR) is 94.7 cm³/mol. The maximum atomic E-state index is 12.2. The van der Waals surface area contributed by atoms with Crippen LogP contribution in [0.5, 0.6) is 0 Å². The number of aliphatic hydroxyl groups is 1. The molecule has 2 rings (SSSR count). The summed E-state index contributed by atoms with van der Waals surface area (Å²) in [6.07, 6.45) is 3.78. The zero-order valence-electron chi connectivity index (χ0n) is 14.5. The van der Waals surface area contributed by atoms with Crippen LogP contribution >= 0.6 is 0 Å². The van der Waals surface area contributed by atoms with Crippen LogP contribution < -0.4 is 11.1 Å². The fourth-order valence-corrected chi connectivity index (χ4v) is 2.35. The summed E-state index contributed by atoms with van der Waals surface area (Å²) in [6, 6.07) is 6.89. The molecule has 0 bridgehead atoms. The molecule has 0 aliphatic rings. The zero-order valence-corrected chi connectivity index (χ0v) is 14.5. The molecule has 0 unspecified atom stereocenters. The van der Waals surface area contributed by atoms with E-state index in [9.17, 15) is 14.7 Å². The van der Waals surface area contributed by atoms with E-state index >= 15 is 0 Å². The maximum absolute atomic E-state index is 12.2. The number of rotatable bonds is 8. The largest absolute Gasteiger partial charge is 0.394 e. The topological polar surface area (TPSA) is 110 Å². The lowest BCUT2D eigenvalue weighted by Gasteiger charge is -2.19. The molecule has 1 atom stereocenters. The van der Waals surface area contributed by atoms with Gasteiger partial charge in [-0.15, -0.1) is 0 Å². The molecule has 25 heavy (non-hydrogen) atoms. The summed E-state index contributed by atoms with van der Waals surface area (Å²) in [5.74, 6) is -0.425. The van der Waals surface area contributed by atoms with E-state index in [1.165, 1.54) is 0 Å². The van der Waals surface area contributed by atoms with Gasteiger partial charge in [-0.2, -0.15) is 5.10 Å². The van der Waals surface area contributed by atoms with Crippen LogP contribution in [0.15, 0.2) is 36.7 Å². The average Bonchev–Trinajstić information content (AvgIpc) is 3.06. The highest BCUT2D eigenvalue weighted by Gasteiger charge is 2.16. The quantitative estimate of drug-likeness (QED) is 0.667. The molecule has 0 saturated heterocycles. The van der Waals surface area contributed by atoms with Gasteiger partial charge in [-0.3, -0.25) is 14.3 Å². The zero-order chi connectivity index (χ0) is 18.4. The first-order chi connectivity index (χ1) is 11.9. The van der Waals surface area contributed by atoms with Crippen molar-refractivity contribution in [2.45, 2.75) is 32.9 Å². The first-order valence-corrected chi connectivity index (χ1v) is 8.23. The van der Waals surface area contributed by atoms with Gasteiger partial charge >= 0.3 is 0 Å². The molecule has 0 saturated carbocycles. The Hall–Kier alpha value is -2.67. The number of nitrogens with zero attached hydrogens (tertiary/aromatic N) is 2. The van der Waals surface area contributed by atoms with E-state index in [2.05, 4.69) is 10.4 Å². The monoisotopic (exact) mass is 344 g/mol. The van der Waals surface area contributed by atoms with Crippen LogP contribution in [-0.2, 0) is 11.3 Å².